The van der Waals surface area contributed by atoms with Crippen molar-refractivity contribution in [1.82, 2.24) is 14.6 Å². The fourth-order valence-corrected chi connectivity index (χ4v) is 3.49. The van der Waals surface area contributed by atoms with Crippen molar-refractivity contribution >= 4 is 33.9 Å². The molecule has 0 saturated carbocycles. The van der Waals surface area contributed by atoms with Crippen molar-refractivity contribution in [1.29, 1.82) is 0 Å². The molecule has 3 heterocycles. The van der Waals surface area contributed by atoms with Gasteiger partial charge in [0.25, 0.3) is 0 Å². The van der Waals surface area contributed by atoms with Crippen LogP contribution < -0.4 is 5.73 Å². The summed E-state index contributed by atoms with van der Waals surface area (Å²) < 4.78 is 8.70. The number of nitrogens with two attached hydrogens (primary N) is 1. The minimum atomic E-state index is -0.0950. The van der Waals surface area contributed by atoms with E-state index >= 15 is 0 Å². The first-order chi connectivity index (χ1) is 9.11. The summed E-state index contributed by atoms with van der Waals surface area (Å²) in [4.78, 5) is 4.02. The maximum Gasteiger partial charge on any atom is 0.152 e. The fraction of sp³-hybridized carbons (Fsp3) is 0.500. The van der Waals surface area contributed by atoms with Crippen molar-refractivity contribution in [3.05, 3.63) is 21.7 Å². The topological polar surface area (TPSA) is 85.7 Å². The predicted molar refractivity (Wildman–Crippen MR) is 78.6 cm³/mol. The molecular formula is C12H15IN4O2. The Hall–Kier alpha value is -0.930. The van der Waals surface area contributed by atoms with Crippen LogP contribution in [0.5, 0.6) is 0 Å². The summed E-state index contributed by atoms with van der Waals surface area (Å²) in [6, 6.07) is 2.03. The zero-order valence-electron chi connectivity index (χ0n) is 10.5. The van der Waals surface area contributed by atoms with Gasteiger partial charge < -0.3 is 15.6 Å². The lowest BCUT2D eigenvalue weighted by atomic mass is 10.00. The second kappa shape index (κ2) is 4.88. The highest BCUT2D eigenvalue weighted by Gasteiger charge is 2.35. The number of nitrogen functional groups attached to an aromatic ring is 1. The van der Waals surface area contributed by atoms with Gasteiger partial charge in [-0.1, -0.05) is 6.92 Å². The summed E-state index contributed by atoms with van der Waals surface area (Å²) in [5.41, 5.74) is 7.69. The predicted octanol–water partition coefficient (Wildman–Crippen LogP) is 1.37. The number of rotatable bonds is 2. The monoisotopic (exact) mass is 374 g/mol. The average molecular weight is 374 g/mol. The van der Waals surface area contributed by atoms with Crippen molar-refractivity contribution in [2.45, 2.75) is 25.6 Å². The number of hydrogen-bond donors (Lipinski definition) is 2. The Balaban J connectivity index is 2.09. The van der Waals surface area contributed by atoms with Crippen molar-refractivity contribution < 1.29 is 9.84 Å². The van der Waals surface area contributed by atoms with Gasteiger partial charge in [0.1, 0.15) is 17.9 Å². The van der Waals surface area contributed by atoms with Gasteiger partial charge >= 0.3 is 0 Å². The van der Waals surface area contributed by atoms with Gasteiger partial charge in [-0.15, -0.1) is 0 Å². The van der Waals surface area contributed by atoms with E-state index in [0.29, 0.717) is 11.7 Å². The van der Waals surface area contributed by atoms with E-state index in [-0.39, 0.29) is 18.8 Å². The number of fused-ring (bicyclic) bond motifs is 1. The number of halogens is 1. The van der Waals surface area contributed by atoms with E-state index in [9.17, 15) is 5.11 Å². The van der Waals surface area contributed by atoms with Crippen LogP contribution in [0.25, 0.3) is 5.52 Å². The average Bonchev–Trinajstić information content (AvgIpc) is 2.91. The van der Waals surface area contributed by atoms with E-state index in [1.165, 1.54) is 6.33 Å². The molecule has 0 aromatic carbocycles. The largest absolute Gasteiger partial charge is 0.394 e. The first kappa shape index (κ1) is 13.1. The number of ether oxygens (including phenoxy) is 1. The number of aromatic nitrogens is 3. The molecule has 102 valence electrons. The molecule has 2 aromatic heterocycles. The van der Waals surface area contributed by atoms with Gasteiger partial charge in [0.2, 0.25) is 0 Å². The highest BCUT2D eigenvalue weighted by atomic mass is 127. The van der Waals surface area contributed by atoms with Crippen LogP contribution in [0.3, 0.4) is 0 Å². The summed E-state index contributed by atoms with van der Waals surface area (Å²) >= 11 is 2.23. The zero-order chi connectivity index (χ0) is 13.6. The van der Waals surface area contributed by atoms with E-state index < -0.39 is 0 Å². The Morgan fingerprint density at radius 2 is 2.42 bits per heavy atom. The number of hydrogen-bond acceptors (Lipinski definition) is 5. The third kappa shape index (κ3) is 2.09. The van der Waals surface area contributed by atoms with Gasteiger partial charge in [-0.05, 0) is 41.0 Å². The Bertz CT molecular complexity index is 615. The third-order valence-electron chi connectivity index (χ3n) is 3.55. The minimum Gasteiger partial charge on any atom is -0.394 e. The molecule has 3 N–H and O–H groups in total. The quantitative estimate of drug-likeness (QED) is 0.776. The second-order valence-corrected chi connectivity index (χ2v) is 6.06. The summed E-state index contributed by atoms with van der Waals surface area (Å²) in [6.45, 7) is 2.18. The molecule has 19 heavy (non-hydrogen) atoms. The van der Waals surface area contributed by atoms with Crippen LogP contribution in [0.4, 0.5) is 5.82 Å². The van der Waals surface area contributed by atoms with Crippen molar-refractivity contribution in [3.63, 3.8) is 0 Å². The van der Waals surface area contributed by atoms with Gasteiger partial charge in [-0.25, -0.2) is 9.50 Å². The van der Waals surface area contributed by atoms with Crippen molar-refractivity contribution in [3.8, 4) is 0 Å². The molecule has 0 radical (unpaired) electrons. The molecule has 6 nitrogen and oxygen atoms in total. The molecule has 0 spiro atoms. The molecule has 0 amide bonds. The lowest BCUT2D eigenvalue weighted by Gasteiger charge is -2.14. The Morgan fingerprint density at radius 1 is 1.63 bits per heavy atom. The van der Waals surface area contributed by atoms with E-state index in [0.717, 1.165) is 21.2 Å². The van der Waals surface area contributed by atoms with Crippen LogP contribution in [0.1, 0.15) is 25.1 Å². The Morgan fingerprint density at radius 3 is 3.11 bits per heavy atom. The van der Waals surface area contributed by atoms with E-state index in [2.05, 4.69) is 39.6 Å². The lowest BCUT2D eigenvalue weighted by Crippen LogP contribution is -2.12. The van der Waals surface area contributed by atoms with E-state index in [1.807, 2.05) is 6.07 Å². The summed E-state index contributed by atoms with van der Waals surface area (Å²) in [5.74, 6) is 0.803. The normalized spacial score (nSPS) is 27.2. The van der Waals surface area contributed by atoms with Gasteiger partial charge in [-0.3, -0.25) is 0 Å². The summed E-state index contributed by atoms with van der Waals surface area (Å²) in [5, 5.41) is 13.5. The van der Waals surface area contributed by atoms with Crippen LogP contribution in [0.2, 0.25) is 0 Å². The number of aliphatic hydroxyl groups is 1. The first-order valence-electron chi connectivity index (χ1n) is 6.15. The van der Waals surface area contributed by atoms with Gasteiger partial charge in [0.05, 0.1) is 18.4 Å². The smallest absolute Gasteiger partial charge is 0.152 e. The zero-order valence-corrected chi connectivity index (χ0v) is 12.6. The van der Waals surface area contributed by atoms with Crippen molar-refractivity contribution in [2.24, 2.45) is 5.92 Å². The molecule has 1 aliphatic heterocycles. The van der Waals surface area contributed by atoms with Gasteiger partial charge in [0.15, 0.2) is 5.82 Å². The molecule has 1 saturated heterocycles. The Labute approximate surface area is 124 Å². The van der Waals surface area contributed by atoms with E-state index in [1.54, 1.807) is 4.52 Å². The van der Waals surface area contributed by atoms with Crippen LogP contribution in [0.15, 0.2) is 12.4 Å². The Kier molecular flexibility index (Phi) is 3.35. The second-order valence-electron chi connectivity index (χ2n) is 4.90. The molecule has 2 aromatic rings. The highest BCUT2D eigenvalue weighted by molar-refractivity contribution is 14.1. The highest BCUT2D eigenvalue weighted by Crippen LogP contribution is 2.39. The minimum absolute atomic E-state index is 0.0539. The molecule has 0 aliphatic carbocycles. The van der Waals surface area contributed by atoms with Crippen molar-refractivity contribution in [2.75, 3.05) is 12.3 Å². The van der Waals surface area contributed by atoms with Crippen LogP contribution in [-0.2, 0) is 4.74 Å². The molecule has 3 rings (SSSR count). The van der Waals surface area contributed by atoms with Gasteiger partial charge in [0, 0.05) is 3.57 Å². The van der Waals surface area contributed by atoms with Crippen LogP contribution >= 0.6 is 22.6 Å². The first-order valence-corrected chi connectivity index (χ1v) is 7.23. The summed E-state index contributed by atoms with van der Waals surface area (Å²) in [6.07, 6.45) is 2.14. The third-order valence-corrected chi connectivity index (χ3v) is 4.37. The molecular weight excluding hydrogens is 359 g/mol. The molecule has 3 atom stereocenters. The maximum absolute atomic E-state index is 9.23. The number of nitrogens with zero attached hydrogens (tertiary/aromatic N) is 3. The lowest BCUT2D eigenvalue weighted by molar-refractivity contribution is 0.00256. The molecule has 1 fully saturated rings. The SMILES string of the molecule is CC1CC(CO)OC1c1cc(I)c2c(N)ncnn12. The fourth-order valence-electron chi connectivity index (χ4n) is 2.66. The molecule has 7 heteroatoms. The molecule has 1 aliphatic rings. The van der Waals surface area contributed by atoms with Crippen LogP contribution in [0, 0.1) is 9.49 Å². The molecule has 3 unspecified atom stereocenters. The van der Waals surface area contributed by atoms with Crippen LogP contribution in [-0.4, -0.2) is 32.4 Å². The summed E-state index contributed by atoms with van der Waals surface area (Å²) in [7, 11) is 0. The number of anilines is 1. The maximum atomic E-state index is 9.23. The standard InChI is InChI=1S/C12H15IN4O2/c1-6-2-7(4-18)19-11(6)9-3-8(13)10-12(14)15-5-16-17(9)10/h3,5-7,11,18H,2,4H2,1H3,(H2,14,15,16). The molecule has 0 bridgehead atoms. The van der Waals surface area contributed by atoms with Gasteiger partial charge in [-0.2, -0.15) is 5.10 Å². The van der Waals surface area contributed by atoms with E-state index in [4.69, 9.17) is 10.5 Å². The number of aliphatic hydroxyl groups excluding tert-OH is 1.